The van der Waals surface area contributed by atoms with Crippen LogP contribution in [-0.2, 0) is 0 Å². The highest BCUT2D eigenvalue weighted by atomic mass is 19.1. The Hall–Kier alpha value is -2.10. The Morgan fingerprint density at radius 3 is 2.07 bits per heavy atom. The van der Waals surface area contributed by atoms with Crippen LogP contribution >= 0.6 is 0 Å². The zero-order chi connectivity index (χ0) is 19.3. The van der Waals surface area contributed by atoms with E-state index in [1.54, 1.807) is 12.1 Å². The van der Waals surface area contributed by atoms with Crippen LogP contribution in [0.2, 0.25) is 0 Å². The highest BCUT2D eigenvalue weighted by Crippen LogP contribution is 2.45. The fourth-order valence-corrected chi connectivity index (χ4v) is 5.64. The quantitative estimate of drug-likeness (QED) is 0.471. The van der Waals surface area contributed by atoms with Crippen LogP contribution in [0.5, 0.6) is 5.75 Å². The molecule has 2 nitrogen and oxygen atoms in total. The van der Waals surface area contributed by atoms with Gasteiger partial charge < -0.3 is 9.15 Å². The zero-order valence-corrected chi connectivity index (χ0v) is 16.3. The average molecular weight is 384 g/mol. The van der Waals surface area contributed by atoms with Gasteiger partial charge in [-0.05, 0) is 67.2 Å². The first-order chi connectivity index (χ1) is 13.7. The second kappa shape index (κ2) is 7.06. The van der Waals surface area contributed by atoms with Crippen molar-refractivity contribution < 1.29 is 17.9 Å². The Labute approximate surface area is 163 Å². The van der Waals surface area contributed by atoms with Gasteiger partial charge in [0, 0.05) is 10.8 Å². The molecule has 5 rings (SSSR count). The van der Waals surface area contributed by atoms with E-state index in [-0.39, 0.29) is 28.7 Å². The first-order valence-corrected chi connectivity index (χ1v) is 10.5. The summed E-state index contributed by atoms with van der Waals surface area (Å²) in [5.41, 5.74) is 0.955. The maximum atomic E-state index is 15.4. The van der Waals surface area contributed by atoms with Crippen LogP contribution in [0, 0.1) is 23.5 Å². The number of rotatable bonds is 3. The molecule has 3 aromatic rings. The second-order valence-corrected chi connectivity index (χ2v) is 8.56. The van der Waals surface area contributed by atoms with E-state index >= 15 is 4.39 Å². The summed E-state index contributed by atoms with van der Waals surface area (Å²) in [5.74, 6) is 1.15. The number of fused-ring (bicyclic) bond motifs is 3. The Morgan fingerprint density at radius 1 is 0.786 bits per heavy atom. The van der Waals surface area contributed by atoms with Crippen molar-refractivity contribution in [3.63, 3.8) is 0 Å². The molecule has 0 N–H and O–H groups in total. The third kappa shape index (κ3) is 2.80. The van der Waals surface area contributed by atoms with Crippen LogP contribution in [0.15, 0.2) is 28.7 Å². The predicted molar refractivity (Wildman–Crippen MR) is 107 cm³/mol. The summed E-state index contributed by atoms with van der Waals surface area (Å²) < 4.78 is 40.6. The summed E-state index contributed by atoms with van der Waals surface area (Å²) in [6, 6.07) is 7.06. The van der Waals surface area contributed by atoms with Crippen LogP contribution in [0.3, 0.4) is 0 Å². The number of halogens is 2. The fraction of sp³-hybridized carbons (Fsp3) is 0.500. The summed E-state index contributed by atoms with van der Waals surface area (Å²) in [6.07, 6.45) is 9.97. The molecule has 0 bridgehead atoms. The van der Waals surface area contributed by atoms with Gasteiger partial charge in [0.15, 0.2) is 22.7 Å². The molecule has 148 valence electrons. The van der Waals surface area contributed by atoms with Gasteiger partial charge in [0.2, 0.25) is 5.82 Å². The van der Waals surface area contributed by atoms with Gasteiger partial charge in [-0.2, -0.15) is 4.39 Å². The molecule has 0 unspecified atom stereocenters. The normalized spacial score (nSPS) is 23.7. The smallest absolute Gasteiger partial charge is 0.208 e. The molecule has 0 aliphatic heterocycles. The van der Waals surface area contributed by atoms with Crippen molar-refractivity contribution in [2.24, 2.45) is 11.8 Å². The highest BCUT2D eigenvalue weighted by Gasteiger charge is 2.31. The number of hydrogen-bond acceptors (Lipinski definition) is 2. The number of ether oxygens (including phenoxy) is 1. The standard InChI is InChI=1S/C24H26F2O2/c1-27-20-13-12-19-18-11-10-17(21(25)23(18)28-24(19)22(20)26)16-8-6-15(7-9-16)14-4-2-3-5-14/h10-16H,2-9H2,1H3. The van der Waals surface area contributed by atoms with Gasteiger partial charge >= 0.3 is 0 Å². The maximum Gasteiger partial charge on any atom is 0.208 e. The molecular formula is C24H26F2O2. The minimum absolute atomic E-state index is 0.0651. The van der Waals surface area contributed by atoms with Crippen molar-refractivity contribution in [2.75, 3.05) is 7.11 Å². The Balaban J connectivity index is 1.47. The van der Waals surface area contributed by atoms with E-state index in [2.05, 4.69) is 0 Å². The van der Waals surface area contributed by atoms with E-state index in [4.69, 9.17) is 9.15 Å². The van der Waals surface area contributed by atoms with Crippen molar-refractivity contribution >= 4 is 21.9 Å². The van der Waals surface area contributed by atoms with Gasteiger partial charge in [-0.3, -0.25) is 0 Å². The molecule has 2 fully saturated rings. The van der Waals surface area contributed by atoms with E-state index in [1.807, 2.05) is 12.1 Å². The van der Waals surface area contributed by atoms with Gasteiger partial charge in [-0.25, -0.2) is 4.39 Å². The van der Waals surface area contributed by atoms with Gasteiger partial charge in [-0.1, -0.05) is 31.7 Å². The Bertz CT molecular complexity index is 1010. The molecule has 0 spiro atoms. The predicted octanol–water partition coefficient (Wildman–Crippen LogP) is 7.34. The van der Waals surface area contributed by atoms with E-state index in [0.29, 0.717) is 10.8 Å². The Kier molecular flexibility index (Phi) is 4.53. The molecule has 4 heteroatoms. The van der Waals surface area contributed by atoms with Gasteiger partial charge in [0.1, 0.15) is 0 Å². The van der Waals surface area contributed by atoms with E-state index in [1.165, 1.54) is 45.6 Å². The minimum atomic E-state index is -0.575. The maximum absolute atomic E-state index is 15.4. The lowest BCUT2D eigenvalue weighted by atomic mass is 9.73. The molecule has 2 saturated carbocycles. The van der Waals surface area contributed by atoms with Crippen LogP contribution in [-0.4, -0.2) is 7.11 Å². The van der Waals surface area contributed by atoms with Crippen LogP contribution in [0.1, 0.15) is 62.8 Å². The fourth-order valence-electron chi connectivity index (χ4n) is 5.64. The topological polar surface area (TPSA) is 22.4 Å². The monoisotopic (exact) mass is 384 g/mol. The van der Waals surface area contributed by atoms with E-state index in [0.717, 1.165) is 30.2 Å². The summed E-state index contributed by atoms with van der Waals surface area (Å²) in [6.45, 7) is 0. The molecule has 1 aromatic heterocycles. The molecule has 0 atom stereocenters. The molecule has 0 amide bonds. The molecule has 0 saturated heterocycles. The summed E-state index contributed by atoms with van der Waals surface area (Å²) in [5, 5.41) is 1.21. The number of furan rings is 1. The van der Waals surface area contributed by atoms with Crippen molar-refractivity contribution in [1.82, 2.24) is 0 Å². The van der Waals surface area contributed by atoms with Crippen LogP contribution in [0.25, 0.3) is 21.9 Å². The molecule has 0 radical (unpaired) electrons. The van der Waals surface area contributed by atoms with Crippen molar-refractivity contribution in [2.45, 2.75) is 57.3 Å². The molecule has 2 aliphatic carbocycles. The SMILES string of the molecule is COc1ccc2c(oc3c(F)c(C4CCC(C5CCCC5)CC4)ccc32)c1F. The second-order valence-electron chi connectivity index (χ2n) is 8.56. The van der Waals surface area contributed by atoms with Crippen molar-refractivity contribution in [3.05, 3.63) is 41.5 Å². The highest BCUT2D eigenvalue weighted by molar-refractivity contribution is 6.05. The number of methoxy groups -OCH3 is 1. The lowest BCUT2D eigenvalue weighted by Crippen LogP contribution is -2.19. The van der Waals surface area contributed by atoms with Gasteiger partial charge in [0.05, 0.1) is 7.11 Å². The molecule has 28 heavy (non-hydrogen) atoms. The summed E-state index contributed by atoms with van der Waals surface area (Å²) >= 11 is 0. The lowest BCUT2D eigenvalue weighted by molar-refractivity contribution is 0.233. The number of benzene rings is 2. The van der Waals surface area contributed by atoms with Gasteiger partial charge in [-0.15, -0.1) is 0 Å². The lowest BCUT2D eigenvalue weighted by Gasteiger charge is -2.32. The van der Waals surface area contributed by atoms with Crippen molar-refractivity contribution in [3.8, 4) is 5.75 Å². The Morgan fingerprint density at radius 2 is 1.39 bits per heavy atom. The average Bonchev–Trinajstić information content (AvgIpc) is 3.38. The van der Waals surface area contributed by atoms with Crippen molar-refractivity contribution in [1.29, 1.82) is 0 Å². The van der Waals surface area contributed by atoms with E-state index < -0.39 is 5.82 Å². The first kappa shape index (κ1) is 18.0. The van der Waals surface area contributed by atoms with Crippen LogP contribution in [0.4, 0.5) is 8.78 Å². The number of hydrogen-bond donors (Lipinski definition) is 0. The first-order valence-electron chi connectivity index (χ1n) is 10.5. The molecule has 2 aliphatic rings. The summed E-state index contributed by atoms with van der Waals surface area (Å²) in [7, 11) is 1.41. The summed E-state index contributed by atoms with van der Waals surface area (Å²) in [4.78, 5) is 0. The third-order valence-corrected chi connectivity index (χ3v) is 7.18. The molecular weight excluding hydrogens is 358 g/mol. The minimum Gasteiger partial charge on any atom is -0.494 e. The third-order valence-electron chi connectivity index (χ3n) is 7.18. The largest absolute Gasteiger partial charge is 0.494 e. The zero-order valence-electron chi connectivity index (χ0n) is 16.3. The molecule has 2 aromatic carbocycles. The molecule has 1 heterocycles. The van der Waals surface area contributed by atoms with Gasteiger partial charge in [0.25, 0.3) is 0 Å². The van der Waals surface area contributed by atoms with Crippen LogP contribution < -0.4 is 4.74 Å². The van der Waals surface area contributed by atoms with E-state index in [9.17, 15) is 4.39 Å².